The summed E-state index contributed by atoms with van der Waals surface area (Å²) in [6.45, 7) is 2.30. The molecule has 5 heteroatoms. The Balaban J connectivity index is 1.51. The minimum absolute atomic E-state index is 0.276. The molecule has 1 N–H and O–H groups in total. The smallest absolute Gasteiger partial charge is 0.271 e. The average molecular weight is 400 g/mol. The predicted octanol–water partition coefficient (Wildman–Crippen LogP) is 5.09. The number of hydrogen-bond donors (Lipinski definition) is 1. The Morgan fingerprint density at radius 2 is 1.60 bits per heavy atom. The van der Waals surface area contributed by atoms with Crippen molar-refractivity contribution < 1.29 is 14.3 Å². The van der Waals surface area contributed by atoms with Gasteiger partial charge in [-0.15, -0.1) is 0 Å². The van der Waals surface area contributed by atoms with E-state index >= 15 is 0 Å². The van der Waals surface area contributed by atoms with Gasteiger partial charge in [0.25, 0.3) is 5.91 Å². The molecule has 3 rings (SSSR count). The third-order valence-corrected chi connectivity index (χ3v) is 4.33. The molecule has 0 saturated heterocycles. The lowest BCUT2D eigenvalue weighted by molar-refractivity contribution is 0.0955. The van der Waals surface area contributed by atoms with Crippen LogP contribution in [0.5, 0.6) is 11.5 Å². The number of methoxy groups -OCH3 is 1. The summed E-state index contributed by atoms with van der Waals surface area (Å²) in [6, 6.07) is 24.6. The lowest BCUT2D eigenvalue weighted by Crippen LogP contribution is -2.18. The van der Waals surface area contributed by atoms with Crippen LogP contribution in [0.15, 0.2) is 90.0 Å². The lowest BCUT2D eigenvalue weighted by Gasteiger charge is -2.07. The van der Waals surface area contributed by atoms with E-state index in [2.05, 4.69) is 10.5 Å². The first-order valence-corrected chi connectivity index (χ1v) is 9.57. The highest BCUT2D eigenvalue weighted by atomic mass is 16.5. The number of hydrogen-bond acceptors (Lipinski definition) is 4. The van der Waals surface area contributed by atoms with Gasteiger partial charge in [0.1, 0.15) is 18.1 Å². The van der Waals surface area contributed by atoms with Crippen LogP contribution < -0.4 is 14.9 Å². The SMILES string of the molecule is COc1ccc(/C=C/C(C)=N/NC(=O)c2ccc(OCc3ccccc3)cc2)cc1. The topological polar surface area (TPSA) is 59.9 Å². The van der Waals surface area contributed by atoms with Crippen molar-refractivity contribution in [1.29, 1.82) is 0 Å². The number of hydrazone groups is 1. The maximum atomic E-state index is 12.3. The molecule has 0 bridgehead atoms. The molecule has 152 valence electrons. The van der Waals surface area contributed by atoms with E-state index in [1.807, 2.05) is 73.7 Å². The molecule has 3 aromatic carbocycles. The molecule has 0 heterocycles. The fraction of sp³-hybridized carbons (Fsp3) is 0.120. The fourth-order valence-electron chi connectivity index (χ4n) is 2.62. The highest BCUT2D eigenvalue weighted by Crippen LogP contribution is 2.15. The minimum atomic E-state index is -0.276. The summed E-state index contributed by atoms with van der Waals surface area (Å²) in [5, 5.41) is 4.12. The minimum Gasteiger partial charge on any atom is -0.497 e. The van der Waals surface area contributed by atoms with E-state index in [-0.39, 0.29) is 5.91 Å². The average Bonchev–Trinajstić information content (AvgIpc) is 2.81. The number of amides is 1. The highest BCUT2D eigenvalue weighted by molar-refractivity contribution is 5.99. The first-order chi connectivity index (χ1) is 14.6. The lowest BCUT2D eigenvalue weighted by atomic mass is 10.2. The Morgan fingerprint density at radius 3 is 2.27 bits per heavy atom. The molecule has 1 amide bonds. The summed E-state index contributed by atoms with van der Waals surface area (Å²) in [4.78, 5) is 12.3. The van der Waals surface area contributed by atoms with Crippen LogP contribution in [-0.2, 0) is 6.61 Å². The van der Waals surface area contributed by atoms with E-state index in [1.54, 1.807) is 31.4 Å². The summed E-state index contributed by atoms with van der Waals surface area (Å²) in [7, 11) is 1.63. The molecule has 30 heavy (non-hydrogen) atoms. The van der Waals surface area contributed by atoms with Crippen LogP contribution in [0, 0.1) is 0 Å². The van der Waals surface area contributed by atoms with Crippen LogP contribution in [0.4, 0.5) is 0 Å². The molecule has 0 atom stereocenters. The second-order valence-corrected chi connectivity index (χ2v) is 6.60. The zero-order valence-electron chi connectivity index (χ0n) is 17.0. The van der Waals surface area contributed by atoms with Crippen LogP contribution >= 0.6 is 0 Å². The second-order valence-electron chi connectivity index (χ2n) is 6.60. The van der Waals surface area contributed by atoms with Crippen molar-refractivity contribution in [2.75, 3.05) is 7.11 Å². The zero-order chi connectivity index (χ0) is 21.2. The molecule has 0 fully saturated rings. The number of nitrogens with zero attached hydrogens (tertiary/aromatic N) is 1. The molecule has 5 nitrogen and oxygen atoms in total. The van der Waals surface area contributed by atoms with Crippen molar-refractivity contribution in [1.82, 2.24) is 5.43 Å². The van der Waals surface area contributed by atoms with E-state index in [9.17, 15) is 4.79 Å². The predicted molar refractivity (Wildman–Crippen MR) is 120 cm³/mol. The summed E-state index contributed by atoms with van der Waals surface area (Å²) < 4.78 is 10.9. The highest BCUT2D eigenvalue weighted by Gasteiger charge is 2.05. The zero-order valence-corrected chi connectivity index (χ0v) is 17.0. The van der Waals surface area contributed by atoms with Gasteiger partial charge < -0.3 is 9.47 Å². The molecule has 0 spiro atoms. The van der Waals surface area contributed by atoms with Gasteiger partial charge in [0.05, 0.1) is 12.8 Å². The van der Waals surface area contributed by atoms with Crippen LogP contribution in [-0.4, -0.2) is 18.7 Å². The summed E-state index contributed by atoms with van der Waals surface area (Å²) in [5.74, 6) is 1.24. The maximum absolute atomic E-state index is 12.3. The van der Waals surface area contributed by atoms with Crippen LogP contribution in [0.25, 0.3) is 6.08 Å². The Bertz CT molecular complexity index is 1010. The fourth-order valence-corrected chi connectivity index (χ4v) is 2.62. The number of ether oxygens (including phenoxy) is 2. The first kappa shape index (κ1) is 20.9. The molecule has 3 aromatic rings. The van der Waals surface area contributed by atoms with Gasteiger partial charge in [-0.25, -0.2) is 5.43 Å². The standard InChI is InChI=1S/C25H24N2O3/c1-19(8-9-20-10-14-23(29-2)15-11-20)26-27-25(28)22-12-16-24(17-13-22)30-18-21-6-4-3-5-7-21/h3-17H,18H2,1-2H3,(H,27,28)/b9-8+,26-19+. The van der Waals surface area contributed by atoms with Crippen molar-refractivity contribution in [2.45, 2.75) is 13.5 Å². The first-order valence-electron chi connectivity index (χ1n) is 9.57. The largest absolute Gasteiger partial charge is 0.497 e. The summed E-state index contributed by atoms with van der Waals surface area (Å²) >= 11 is 0. The Morgan fingerprint density at radius 1 is 0.933 bits per heavy atom. The normalized spacial score (nSPS) is 11.3. The van der Waals surface area contributed by atoms with Gasteiger partial charge in [-0.1, -0.05) is 48.5 Å². The van der Waals surface area contributed by atoms with E-state index < -0.39 is 0 Å². The third kappa shape index (κ3) is 6.34. The Kier molecular flexibility index (Phi) is 7.39. The van der Waals surface area contributed by atoms with Crippen molar-refractivity contribution >= 4 is 17.7 Å². The van der Waals surface area contributed by atoms with Gasteiger partial charge in [-0.05, 0) is 60.5 Å². The van der Waals surface area contributed by atoms with Crippen LogP contribution in [0.3, 0.4) is 0 Å². The molecule has 0 radical (unpaired) electrons. The van der Waals surface area contributed by atoms with Gasteiger partial charge in [-0.2, -0.15) is 5.10 Å². The van der Waals surface area contributed by atoms with Gasteiger partial charge >= 0.3 is 0 Å². The van der Waals surface area contributed by atoms with E-state index in [1.165, 1.54) is 0 Å². The van der Waals surface area contributed by atoms with Gasteiger partial charge in [0.15, 0.2) is 0 Å². The monoisotopic (exact) mass is 400 g/mol. The van der Waals surface area contributed by atoms with Crippen molar-refractivity contribution in [3.8, 4) is 11.5 Å². The van der Waals surface area contributed by atoms with E-state index in [4.69, 9.17) is 9.47 Å². The van der Waals surface area contributed by atoms with E-state index in [0.717, 1.165) is 16.9 Å². The summed E-state index contributed by atoms with van der Waals surface area (Å²) in [6.07, 6.45) is 3.76. The number of carbonyl (C=O) groups is 1. The molecule has 0 saturated carbocycles. The van der Waals surface area contributed by atoms with Gasteiger partial charge in [0, 0.05) is 5.56 Å². The molecular weight excluding hydrogens is 376 g/mol. The van der Waals surface area contributed by atoms with Crippen molar-refractivity contribution in [3.63, 3.8) is 0 Å². The van der Waals surface area contributed by atoms with Crippen LogP contribution in [0.2, 0.25) is 0 Å². The van der Waals surface area contributed by atoms with Crippen LogP contribution in [0.1, 0.15) is 28.4 Å². The summed E-state index contributed by atoms with van der Waals surface area (Å²) in [5.41, 5.74) is 5.87. The second kappa shape index (κ2) is 10.6. The third-order valence-electron chi connectivity index (χ3n) is 4.33. The Hall–Kier alpha value is -3.86. The number of allylic oxidation sites excluding steroid dienone is 1. The van der Waals surface area contributed by atoms with Gasteiger partial charge in [-0.3, -0.25) is 4.79 Å². The number of nitrogens with one attached hydrogen (secondary N) is 1. The molecule has 0 aliphatic rings. The number of rotatable bonds is 8. The maximum Gasteiger partial charge on any atom is 0.271 e. The molecule has 0 aliphatic heterocycles. The molecule has 0 unspecified atom stereocenters. The quantitative estimate of drug-likeness (QED) is 0.423. The van der Waals surface area contributed by atoms with Gasteiger partial charge in [0.2, 0.25) is 0 Å². The van der Waals surface area contributed by atoms with Crippen molar-refractivity contribution in [3.05, 3.63) is 102 Å². The Labute approximate surface area is 176 Å². The van der Waals surface area contributed by atoms with E-state index in [0.29, 0.717) is 23.6 Å². The van der Waals surface area contributed by atoms with Crippen molar-refractivity contribution in [2.24, 2.45) is 5.10 Å². The molecule has 0 aliphatic carbocycles. The molecular formula is C25H24N2O3. The number of benzene rings is 3. The number of carbonyl (C=O) groups excluding carboxylic acids is 1. The molecule has 0 aromatic heterocycles.